The van der Waals surface area contributed by atoms with Gasteiger partial charge in [0.15, 0.2) is 0 Å². The van der Waals surface area contributed by atoms with Crippen molar-refractivity contribution in [2.45, 2.75) is 44.1 Å². The van der Waals surface area contributed by atoms with E-state index in [2.05, 4.69) is 5.38 Å². The van der Waals surface area contributed by atoms with E-state index in [4.69, 9.17) is 0 Å². The van der Waals surface area contributed by atoms with Crippen LogP contribution >= 0.6 is 11.3 Å². The summed E-state index contributed by atoms with van der Waals surface area (Å²) in [4.78, 5) is 0. The predicted molar refractivity (Wildman–Crippen MR) is 92.8 cm³/mol. The van der Waals surface area contributed by atoms with Crippen LogP contribution in [0.15, 0.2) is 16.8 Å². The van der Waals surface area contributed by atoms with Crippen LogP contribution in [0, 0.1) is 5.92 Å². The first-order chi connectivity index (χ1) is 11.0. The molecule has 2 heterocycles. The Morgan fingerprint density at radius 1 is 1.30 bits per heavy atom. The van der Waals surface area contributed by atoms with Crippen LogP contribution in [0.5, 0.6) is 0 Å². The van der Waals surface area contributed by atoms with Crippen molar-refractivity contribution in [2.75, 3.05) is 26.7 Å². The molecule has 1 saturated heterocycles. The number of hydrogen-bond donors (Lipinski definition) is 1. The summed E-state index contributed by atoms with van der Waals surface area (Å²) in [7, 11) is -1.73. The molecule has 1 aliphatic carbocycles. The monoisotopic (exact) mass is 358 g/mol. The number of nitrogens with zero attached hydrogens (tertiary/aromatic N) is 2. The third-order valence-corrected chi connectivity index (χ3v) is 8.07. The molecule has 1 saturated carbocycles. The van der Waals surface area contributed by atoms with Crippen LogP contribution in [0.4, 0.5) is 0 Å². The molecule has 1 N–H and O–H groups in total. The van der Waals surface area contributed by atoms with Crippen LogP contribution < -0.4 is 0 Å². The molecule has 0 unspecified atom stereocenters. The lowest BCUT2D eigenvalue weighted by atomic mass is 9.92. The zero-order valence-electron chi connectivity index (χ0n) is 13.6. The van der Waals surface area contributed by atoms with Crippen LogP contribution in [-0.2, 0) is 10.2 Å². The molecule has 0 amide bonds. The van der Waals surface area contributed by atoms with Gasteiger partial charge in [-0.3, -0.25) is 0 Å². The highest BCUT2D eigenvalue weighted by Gasteiger charge is 2.42. The topological polar surface area (TPSA) is 60.9 Å². The Morgan fingerprint density at radius 3 is 2.65 bits per heavy atom. The molecule has 5 nitrogen and oxygen atoms in total. The first-order valence-corrected chi connectivity index (χ1v) is 10.7. The van der Waals surface area contributed by atoms with E-state index in [9.17, 15) is 13.5 Å². The second-order valence-corrected chi connectivity index (χ2v) is 9.51. The number of thiophene rings is 1. The van der Waals surface area contributed by atoms with Gasteiger partial charge in [0.05, 0.1) is 0 Å². The molecule has 1 aliphatic heterocycles. The number of hydrogen-bond acceptors (Lipinski definition) is 4. The summed E-state index contributed by atoms with van der Waals surface area (Å²) in [6, 6.07) is 2.17. The lowest BCUT2D eigenvalue weighted by Gasteiger charge is -2.33. The van der Waals surface area contributed by atoms with E-state index < -0.39 is 10.2 Å². The van der Waals surface area contributed by atoms with Crippen molar-refractivity contribution in [1.82, 2.24) is 8.61 Å². The van der Waals surface area contributed by atoms with Gasteiger partial charge in [0.1, 0.15) is 0 Å². The fourth-order valence-corrected chi connectivity index (χ4v) is 6.29. The highest BCUT2D eigenvalue weighted by Crippen LogP contribution is 2.36. The smallest absolute Gasteiger partial charge is 0.282 e. The van der Waals surface area contributed by atoms with Gasteiger partial charge in [-0.15, -0.1) is 0 Å². The molecular formula is C16H26N2O3S2. The van der Waals surface area contributed by atoms with E-state index >= 15 is 0 Å². The van der Waals surface area contributed by atoms with Gasteiger partial charge in [-0.25, -0.2) is 0 Å². The maximum atomic E-state index is 13.0. The van der Waals surface area contributed by atoms with E-state index in [1.807, 2.05) is 11.4 Å². The van der Waals surface area contributed by atoms with Gasteiger partial charge in [0, 0.05) is 44.6 Å². The normalized spacial score (nSPS) is 27.8. The van der Waals surface area contributed by atoms with Crippen LogP contribution in [0.1, 0.15) is 43.6 Å². The van der Waals surface area contributed by atoms with Crippen molar-refractivity contribution < 1.29 is 13.5 Å². The Balaban J connectivity index is 1.75. The molecule has 1 aromatic rings. The van der Waals surface area contributed by atoms with Crippen molar-refractivity contribution in [2.24, 2.45) is 5.92 Å². The molecule has 130 valence electrons. The molecule has 0 spiro atoms. The second-order valence-electron chi connectivity index (χ2n) is 6.74. The van der Waals surface area contributed by atoms with Gasteiger partial charge in [-0.2, -0.15) is 28.4 Å². The van der Waals surface area contributed by atoms with E-state index in [-0.39, 0.29) is 24.5 Å². The number of aliphatic hydroxyl groups is 1. The molecule has 2 atom stereocenters. The largest absolute Gasteiger partial charge is 0.396 e. The number of aliphatic hydroxyl groups excluding tert-OH is 1. The van der Waals surface area contributed by atoms with Crippen molar-refractivity contribution in [3.05, 3.63) is 22.4 Å². The minimum absolute atomic E-state index is 0.0147. The molecule has 2 aliphatic rings. The quantitative estimate of drug-likeness (QED) is 0.878. The van der Waals surface area contributed by atoms with Crippen LogP contribution in [0.3, 0.4) is 0 Å². The fraction of sp³-hybridized carbons (Fsp3) is 0.750. The first-order valence-electron chi connectivity index (χ1n) is 8.40. The summed E-state index contributed by atoms with van der Waals surface area (Å²) in [5, 5.41) is 13.7. The average molecular weight is 359 g/mol. The van der Waals surface area contributed by atoms with Gasteiger partial charge in [0.2, 0.25) is 0 Å². The molecule has 7 heteroatoms. The molecule has 23 heavy (non-hydrogen) atoms. The van der Waals surface area contributed by atoms with E-state index in [1.54, 1.807) is 27.0 Å². The summed E-state index contributed by atoms with van der Waals surface area (Å²) in [5.41, 5.74) is 1.15. The summed E-state index contributed by atoms with van der Waals surface area (Å²) in [6.45, 7) is 0.914. The van der Waals surface area contributed by atoms with E-state index in [0.717, 1.165) is 31.2 Å². The second kappa shape index (κ2) is 7.19. The molecule has 0 bridgehead atoms. The minimum atomic E-state index is -3.45. The molecule has 0 aromatic carbocycles. The van der Waals surface area contributed by atoms with Gasteiger partial charge in [0.25, 0.3) is 10.2 Å². The zero-order valence-corrected chi connectivity index (χ0v) is 15.2. The Hall–Kier alpha value is -0.470. The van der Waals surface area contributed by atoms with Crippen LogP contribution in [0.25, 0.3) is 0 Å². The summed E-state index contributed by atoms with van der Waals surface area (Å²) in [6.07, 6.45) is 5.35. The Kier molecular flexibility index (Phi) is 5.42. The standard InChI is InChI=1S/C16H26N2O3S2/c1-17(15-5-3-2-4-6-15)23(20,21)18-9-14(11-19)16(10-18)13-7-8-22-12-13/h7-8,12,14-16,19H,2-6,9-11H2,1H3/t14-,16+/m1/s1. The molecule has 2 fully saturated rings. The van der Waals surface area contributed by atoms with Crippen molar-refractivity contribution in [3.8, 4) is 0 Å². The summed E-state index contributed by atoms with van der Waals surface area (Å²) in [5.74, 6) is 0.0833. The van der Waals surface area contributed by atoms with Gasteiger partial charge in [-0.1, -0.05) is 19.3 Å². The van der Waals surface area contributed by atoms with E-state index in [1.165, 1.54) is 6.42 Å². The summed E-state index contributed by atoms with van der Waals surface area (Å²) < 4.78 is 29.1. The van der Waals surface area contributed by atoms with Gasteiger partial charge >= 0.3 is 0 Å². The average Bonchev–Trinajstić information content (AvgIpc) is 3.23. The zero-order chi connectivity index (χ0) is 16.4. The molecule has 3 rings (SSSR count). The van der Waals surface area contributed by atoms with Crippen LogP contribution in [0.2, 0.25) is 0 Å². The Labute approximate surface area is 143 Å². The third kappa shape index (κ3) is 3.49. The van der Waals surface area contributed by atoms with Crippen LogP contribution in [-0.4, -0.2) is 54.9 Å². The SMILES string of the molecule is CN(C1CCCCC1)S(=O)(=O)N1C[C@H](CO)[C@H](c2ccsc2)C1. The molecule has 0 radical (unpaired) electrons. The lowest BCUT2D eigenvalue weighted by molar-refractivity contribution is 0.221. The van der Waals surface area contributed by atoms with Gasteiger partial charge in [-0.05, 0) is 35.2 Å². The molecular weight excluding hydrogens is 332 g/mol. The minimum Gasteiger partial charge on any atom is -0.396 e. The van der Waals surface area contributed by atoms with Gasteiger partial charge < -0.3 is 5.11 Å². The predicted octanol–water partition coefficient (Wildman–Crippen LogP) is 2.27. The van der Waals surface area contributed by atoms with Crippen molar-refractivity contribution in [3.63, 3.8) is 0 Å². The Bertz CT molecular complexity index is 597. The van der Waals surface area contributed by atoms with Crippen molar-refractivity contribution in [1.29, 1.82) is 0 Å². The molecule has 1 aromatic heterocycles. The maximum absolute atomic E-state index is 13.0. The fourth-order valence-electron chi connectivity index (χ4n) is 3.88. The number of rotatable bonds is 5. The summed E-state index contributed by atoms with van der Waals surface area (Å²) >= 11 is 1.62. The van der Waals surface area contributed by atoms with Crippen molar-refractivity contribution >= 4 is 21.5 Å². The highest BCUT2D eigenvalue weighted by atomic mass is 32.2. The highest BCUT2D eigenvalue weighted by molar-refractivity contribution is 7.86. The maximum Gasteiger partial charge on any atom is 0.282 e. The first kappa shape index (κ1) is 17.4. The Morgan fingerprint density at radius 2 is 2.04 bits per heavy atom. The van der Waals surface area contributed by atoms with E-state index in [0.29, 0.717) is 13.1 Å². The third-order valence-electron chi connectivity index (χ3n) is 5.39. The lowest BCUT2D eigenvalue weighted by Crippen LogP contribution is -2.46.